The number of amides is 1. The number of halogens is 3. The van der Waals surface area contributed by atoms with Crippen LogP contribution in [0.2, 0.25) is 0 Å². The summed E-state index contributed by atoms with van der Waals surface area (Å²) >= 11 is 3.13. The van der Waals surface area contributed by atoms with Crippen LogP contribution in [0.1, 0.15) is 11.1 Å². The molecule has 0 aromatic heterocycles. The second-order valence-corrected chi connectivity index (χ2v) is 9.74. The maximum Gasteiger partial charge on any atom is 0.243 e. The molecule has 0 saturated heterocycles. The molecule has 162 valence electrons. The Morgan fingerprint density at radius 3 is 2.26 bits per heavy atom. The van der Waals surface area contributed by atoms with Gasteiger partial charge in [0.1, 0.15) is 11.6 Å². The Morgan fingerprint density at radius 1 is 1.00 bits per heavy atom. The largest absolute Gasteiger partial charge is 0.322 e. The lowest BCUT2D eigenvalue weighted by molar-refractivity contribution is -0.116. The molecule has 0 heterocycles. The monoisotopic (exact) mass is 508 g/mol. The van der Waals surface area contributed by atoms with Gasteiger partial charge in [-0.25, -0.2) is 17.2 Å². The first-order valence-corrected chi connectivity index (χ1v) is 11.4. The second kappa shape index (κ2) is 9.67. The zero-order valence-electron chi connectivity index (χ0n) is 16.5. The van der Waals surface area contributed by atoms with Crippen molar-refractivity contribution in [2.24, 2.45) is 0 Å². The maximum atomic E-state index is 14.1. The van der Waals surface area contributed by atoms with Gasteiger partial charge in [0, 0.05) is 11.0 Å². The van der Waals surface area contributed by atoms with Crippen molar-refractivity contribution < 1.29 is 22.0 Å². The van der Waals surface area contributed by atoms with Crippen molar-refractivity contribution >= 4 is 37.5 Å². The van der Waals surface area contributed by atoms with Crippen LogP contribution >= 0.6 is 15.9 Å². The van der Waals surface area contributed by atoms with E-state index < -0.39 is 34.1 Å². The molecular formula is C22H19BrF2N2O3S. The number of carbonyl (C=O) groups is 1. The zero-order chi connectivity index (χ0) is 22.6. The number of aryl methyl sites for hydroxylation is 1. The Labute approximate surface area is 187 Å². The molecule has 0 aliphatic carbocycles. The second-order valence-electron chi connectivity index (χ2n) is 6.88. The summed E-state index contributed by atoms with van der Waals surface area (Å²) in [5.41, 5.74) is 1.31. The van der Waals surface area contributed by atoms with E-state index in [4.69, 9.17) is 0 Å². The molecule has 0 spiro atoms. The lowest BCUT2D eigenvalue weighted by atomic mass is 10.2. The van der Waals surface area contributed by atoms with E-state index in [2.05, 4.69) is 21.2 Å². The lowest BCUT2D eigenvalue weighted by Gasteiger charge is -2.22. The Morgan fingerprint density at radius 2 is 1.65 bits per heavy atom. The highest BCUT2D eigenvalue weighted by Crippen LogP contribution is 2.22. The van der Waals surface area contributed by atoms with Crippen molar-refractivity contribution in [3.05, 3.63) is 94.0 Å². The van der Waals surface area contributed by atoms with E-state index in [9.17, 15) is 22.0 Å². The Bertz CT molecular complexity index is 1180. The molecule has 3 aromatic rings. The van der Waals surface area contributed by atoms with Gasteiger partial charge in [-0.1, -0.05) is 45.8 Å². The summed E-state index contributed by atoms with van der Waals surface area (Å²) < 4.78 is 55.2. The van der Waals surface area contributed by atoms with E-state index in [0.717, 1.165) is 9.87 Å². The number of nitrogens with zero attached hydrogens (tertiary/aromatic N) is 1. The van der Waals surface area contributed by atoms with E-state index in [0.29, 0.717) is 10.0 Å². The molecule has 0 radical (unpaired) electrons. The lowest BCUT2D eigenvalue weighted by Crippen LogP contribution is -2.37. The third-order valence-corrected chi connectivity index (χ3v) is 6.76. The Hall–Kier alpha value is -2.62. The zero-order valence-corrected chi connectivity index (χ0v) is 18.9. The molecule has 3 rings (SSSR count). The molecule has 0 atom stereocenters. The number of benzene rings is 3. The third kappa shape index (κ3) is 5.96. The van der Waals surface area contributed by atoms with Crippen molar-refractivity contribution in [3.8, 4) is 0 Å². The predicted molar refractivity (Wildman–Crippen MR) is 118 cm³/mol. The number of hydrogen-bond acceptors (Lipinski definition) is 3. The topological polar surface area (TPSA) is 66.5 Å². The number of sulfonamides is 1. The Balaban J connectivity index is 1.88. The minimum Gasteiger partial charge on any atom is -0.322 e. The first-order valence-electron chi connectivity index (χ1n) is 9.21. The molecule has 0 aliphatic rings. The standard InChI is InChI=1S/C22H19BrF2N2O3S/c1-15-2-9-19(10-3-15)31(29,30)27(13-16-4-7-18(24)8-5-16)14-22(28)26-21-11-6-17(23)12-20(21)25/h2-12H,13-14H2,1H3,(H,26,28). The summed E-state index contributed by atoms with van der Waals surface area (Å²) in [4.78, 5) is 12.6. The fourth-order valence-corrected chi connectivity index (χ4v) is 4.54. The van der Waals surface area contributed by atoms with Crippen molar-refractivity contribution in [1.82, 2.24) is 4.31 Å². The van der Waals surface area contributed by atoms with E-state index in [1.807, 2.05) is 6.92 Å². The van der Waals surface area contributed by atoms with Crippen LogP contribution in [0.15, 0.2) is 76.1 Å². The molecule has 9 heteroatoms. The molecule has 0 fully saturated rings. The molecule has 0 bridgehead atoms. The molecule has 31 heavy (non-hydrogen) atoms. The fraction of sp³-hybridized carbons (Fsp3) is 0.136. The van der Waals surface area contributed by atoms with Crippen LogP contribution in [0.5, 0.6) is 0 Å². The van der Waals surface area contributed by atoms with Crippen LogP contribution in [0.4, 0.5) is 14.5 Å². The van der Waals surface area contributed by atoms with E-state index in [1.54, 1.807) is 18.2 Å². The molecule has 1 amide bonds. The van der Waals surface area contributed by atoms with Crippen LogP contribution in [0, 0.1) is 18.6 Å². The average molecular weight is 509 g/mol. The molecular weight excluding hydrogens is 490 g/mol. The first kappa shape index (κ1) is 23.1. The molecule has 5 nitrogen and oxygen atoms in total. The number of rotatable bonds is 7. The normalized spacial score (nSPS) is 11.5. The van der Waals surface area contributed by atoms with Crippen molar-refractivity contribution in [2.75, 3.05) is 11.9 Å². The highest BCUT2D eigenvalue weighted by molar-refractivity contribution is 9.10. The number of carbonyl (C=O) groups excluding carboxylic acids is 1. The van der Waals surface area contributed by atoms with Gasteiger partial charge in [-0.2, -0.15) is 4.31 Å². The van der Waals surface area contributed by atoms with Gasteiger partial charge in [0.2, 0.25) is 15.9 Å². The summed E-state index contributed by atoms with van der Waals surface area (Å²) in [5, 5.41) is 2.39. The van der Waals surface area contributed by atoms with Crippen LogP contribution in [-0.2, 0) is 21.4 Å². The van der Waals surface area contributed by atoms with Gasteiger partial charge in [-0.3, -0.25) is 4.79 Å². The average Bonchev–Trinajstić information content (AvgIpc) is 2.71. The van der Waals surface area contributed by atoms with Gasteiger partial charge in [0.15, 0.2) is 0 Å². The van der Waals surface area contributed by atoms with Crippen LogP contribution in [0.3, 0.4) is 0 Å². The van der Waals surface area contributed by atoms with Gasteiger partial charge in [-0.15, -0.1) is 0 Å². The molecule has 0 unspecified atom stereocenters. The van der Waals surface area contributed by atoms with Crippen LogP contribution in [-0.4, -0.2) is 25.2 Å². The molecule has 1 N–H and O–H groups in total. The summed E-state index contributed by atoms with van der Waals surface area (Å²) in [6.45, 7) is 1.11. The minimum absolute atomic E-state index is 0.0165. The maximum absolute atomic E-state index is 14.1. The van der Waals surface area contributed by atoms with Crippen molar-refractivity contribution in [1.29, 1.82) is 0 Å². The first-order chi connectivity index (χ1) is 14.6. The van der Waals surface area contributed by atoms with Crippen molar-refractivity contribution in [3.63, 3.8) is 0 Å². The molecule has 0 saturated carbocycles. The number of anilines is 1. The highest BCUT2D eigenvalue weighted by Gasteiger charge is 2.27. The van der Waals surface area contributed by atoms with E-state index in [-0.39, 0.29) is 17.1 Å². The molecule has 0 aliphatic heterocycles. The minimum atomic E-state index is -4.05. The van der Waals surface area contributed by atoms with Crippen LogP contribution in [0.25, 0.3) is 0 Å². The van der Waals surface area contributed by atoms with Crippen LogP contribution < -0.4 is 5.32 Å². The number of hydrogen-bond donors (Lipinski definition) is 1. The number of nitrogens with one attached hydrogen (secondary N) is 1. The smallest absolute Gasteiger partial charge is 0.243 e. The fourth-order valence-electron chi connectivity index (χ4n) is 2.82. The highest BCUT2D eigenvalue weighted by atomic mass is 79.9. The molecule has 3 aromatic carbocycles. The third-order valence-electron chi connectivity index (χ3n) is 4.46. The summed E-state index contributed by atoms with van der Waals surface area (Å²) in [7, 11) is -4.05. The van der Waals surface area contributed by atoms with E-state index in [1.165, 1.54) is 48.5 Å². The van der Waals surface area contributed by atoms with Gasteiger partial charge < -0.3 is 5.32 Å². The summed E-state index contributed by atoms with van der Waals surface area (Å²) in [5.74, 6) is -1.83. The van der Waals surface area contributed by atoms with Gasteiger partial charge >= 0.3 is 0 Å². The SMILES string of the molecule is Cc1ccc(S(=O)(=O)N(CC(=O)Nc2ccc(Br)cc2F)Cc2ccc(F)cc2)cc1. The van der Waals surface area contributed by atoms with E-state index >= 15 is 0 Å². The van der Waals surface area contributed by atoms with Crippen molar-refractivity contribution in [2.45, 2.75) is 18.4 Å². The quantitative estimate of drug-likeness (QED) is 0.495. The summed E-state index contributed by atoms with van der Waals surface area (Å²) in [6, 6.07) is 15.6. The van der Waals surface area contributed by atoms with Gasteiger partial charge in [0.05, 0.1) is 17.1 Å². The predicted octanol–water partition coefficient (Wildman–Crippen LogP) is 4.87. The summed E-state index contributed by atoms with van der Waals surface area (Å²) in [6.07, 6.45) is 0. The Kier molecular flexibility index (Phi) is 7.19. The van der Waals surface area contributed by atoms with Gasteiger partial charge in [0.25, 0.3) is 0 Å². The van der Waals surface area contributed by atoms with Gasteiger partial charge in [-0.05, 0) is 55.0 Å².